The zero-order chi connectivity index (χ0) is 29.6. The lowest BCUT2D eigenvalue weighted by atomic mass is 10.1. The monoisotopic (exact) mass is 544 g/mol. The fraction of sp³-hybridized carbons (Fsp3) is 0.800. The topological polar surface area (TPSA) is 168 Å². The van der Waals surface area contributed by atoms with E-state index in [0.717, 1.165) is 0 Å². The SMILES string of the molecule is CNCCNC(=O)[C@H](CCCCN/C(=N\C(=O)OC(C)(C)C)NC(=O)OC(C)(C)C)NC(=O)OC(C)(C)C. The molecule has 1 atom stereocenters. The number of hydrogen-bond acceptors (Lipinski definition) is 8. The standard InChI is InChI=1S/C25H48N6O7/c1-23(2,3)36-20(33)29-17(18(32)27-16-15-26-10)13-11-12-14-28-19(30-21(34)37-24(4,5)6)31-22(35)38-25(7,8)9/h17,26H,11-16H2,1-10H3,(H,27,32)(H,29,33)(H2,28,30,31,34,35)/t17-/m0/s1. The van der Waals surface area contributed by atoms with Gasteiger partial charge in [0.15, 0.2) is 0 Å². The molecule has 0 aromatic rings. The Morgan fingerprint density at radius 3 is 1.79 bits per heavy atom. The minimum atomic E-state index is -0.879. The van der Waals surface area contributed by atoms with Crippen LogP contribution < -0.4 is 26.6 Å². The van der Waals surface area contributed by atoms with Crippen molar-refractivity contribution in [1.29, 1.82) is 0 Å². The number of guanidine groups is 1. The van der Waals surface area contributed by atoms with Crippen LogP contribution in [-0.4, -0.2) is 79.7 Å². The summed E-state index contributed by atoms with van der Waals surface area (Å²) in [5.74, 6) is -0.445. The van der Waals surface area contributed by atoms with Gasteiger partial charge in [-0.25, -0.2) is 14.4 Å². The molecule has 0 fully saturated rings. The average molecular weight is 545 g/mol. The molecule has 0 aliphatic heterocycles. The Kier molecular flexibility index (Phi) is 14.7. The van der Waals surface area contributed by atoms with Gasteiger partial charge in [0, 0.05) is 19.6 Å². The maximum atomic E-state index is 12.6. The van der Waals surface area contributed by atoms with Crippen LogP contribution in [0.4, 0.5) is 14.4 Å². The van der Waals surface area contributed by atoms with Crippen LogP contribution in [0.25, 0.3) is 0 Å². The van der Waals surface area contributed by atoms with Crippen molar-refractivity contribution in [3.05, 3.63) is 0 Å². The summed E-state index contributed by atoms with van der Waals surface area (Å²) in [5, 5.41) is 13.6. The lowest BCUT2D eigenvalue weighted by Gasteiger charge is -2.23. The maximum absolute atomic E-state index is 12.6. The van der Waals surface area contributed by atoms with Gasteiger partial charge in [-0.1, -0.05) is 0 Å². The van der Waals surface area contributed by atoms with E-state index < -0.39 is 41.1 Å². The number of nitrogens with zero attached hydrogens (tertiary/aromatic N) is 1. The van der Waals surface area contributed by atoms with E-state index in [4.69, 9.17) is 14.2 Å². The van der Waals surface area contributed by atoms with Crippen molar-refractivity contribution < 1.29 is 33.4 Å². The van der Waals surface area contributed by atoms with Crippen molar-refractivity contribution in [3.8, 4) is 0 Å². The molecule has 0 saturated carbocycles. The lowest BCUT2D eigenvalue weighted by Crippen LogP contribution is -2.49. The number of hydrogen-bond donors (Lipinski definition) is 5. The van der Waals surface area contributed by atoms with Crippen molar-refractivity contribution in [2.45, 2.75) is 104 Å². The summed E-state index contributed by atoms with van der Waals surface area (Å²) in [6, 6.07) is -0.795. The molecule has 220 valence electrons. The third kappa shape index (κ3) is 20.0. The van der Waals surface area contributed by atoms with Gasteiger partial charge in [-0.2, -0.15) is 0 Å². The molecule has 0 saturated heterocycles. The van der Waals surface area contributed by atoms with Crippen LogP contribution in [-0.2, 0) is 19.0 Å². The van der Waals surface area contributed by atoms with Crippen molar-refractivity contribution in [2.24, 2.45) is 4.99 Å². The minimum Gasteiger partial charge on any atom is -0.444 e. The van der Waals surface area contributed by atoms with Gasteiger partial charge in [-0.3, -0.25) is 10.1 Å². The first-order valence-corrected chi connectivity index (χ1v) is 12.8. The number of amides is 4. The number of nitrogens with one attached hydrogen (secondary N) is 5. The quantitative estimate of drug-likeness (QED) is 0.120. The second kappa shape index (κ2) is 16.0. The second-order valence-corrected chi connectivity index (χ2v) is 11.6. The largest absolute Gasteiger partial charge is 0.444 e. The highest BCUT2D eigenvalue weighted by Gasteiger charge is 2.24. The summed E-state index contributed by atoms with van der Waals surface area (Å²) in [4.78, 5) is 53.0. The Morgan fingerprint density at radius 1 is 0.711 bits per heavy atom. The fourth-order valence-electron chi connectivity index (χ4n) is 2.72. The number of likely N-dealkylation sites (N-methyl/N-ethyl adjacent to an activating group) is 1. The molecule has 0 spiro atoms. The van der Waals surface area contributed by atoms with Gasteiger partial charge in [-0.15, -0.1) is 4.99 Å². The molecule has 0 aromatic heterocycles. The third-order valence-corrected chi connectivity index (χ3v) is 4.11. The molecule has 0 rings (SSSR count). The van der Waals surface area contributed by atoms with Crippen LogP contribution in [0.2, 0.25) is 0 Å². The molecule has 0 aliphatic rings. The van der Waals surface area contributed by atoms with E-state index in [9.17, 15) is 19.2 Å². The molecule has 0 aromatic carbocycles. The van der Waals surface area contributed by atoms with Crippen LogP contribution in [0.1, 0.15) is 81.6 Å². The van der Waals surface area contributed by atoms with Gasteiger partial charge in [0.1, 0.15) is 22.8 Å². The zero-order valence-corrected chi connectivity index (χ0v) is 24.6. The van der Waals surface area contributed by atoms with Gasteiger partial charge < -0.3 is 35.5 Å². The number of ether oxygens (including phenoxy) is 3. The molecular weight excluding hydrogens is 496 g/mol. The second-order valence-electron chi connectivity index (χ2n) is 11.6. The van der Waals surface area contributed by atoms with Crippen molar-refractivity contribution in [2.75, 3.05) is 26.7 Å². The summed E-state index contributed by atoms with van der Waals surface area (Å²) in [6.45, 7) is 16.7. The average Bonchev–Trinajstić information content (AvgIpc) is 2.68. The van der Waals surface area contributed by atoms with Crippen LogP contribution >= 0.6 is 0 Å². The van der Waals surface area contributed by atoms with Gasteiger partial charge in [0.05, 0.1) is 0 Å². The molecule has 13 heteroatoms. The van der Waals surface area contributed by atoms with Gasteiger partial charge in [0.2, 0.25) is 11.9 Å². The first-order valence-electron chi connectivity index (χ1n) is 12.8. The zero-order valence-electron chi connectivity index (χ0n) is 24.6. The predicted molar refractivity (Wildman–Crippen MR) is 145 cm³/mol. The molecule has 0 heterocycles. The molecule has 0 bridgehead atoms. The van der Waals surface area contributed by atoms with Gasteiger partial charge in [-0.05, 0) is 88.6 Å². The van der Waals surface area contributed by atoms with E-state index in [2.05, 4.69) is 31.6 Å². The van der Waals surface area contributed by atoms with Crippen molar-refractivity contribution >= 4 is 30.1 Å². The Morgan fingerprint density at radius 2 is 1.26 bits per heavy atom. The van der Waals surface area contributed by atoms with Crippen molar-refractivity contribution in [1.82, 2.24) is 26.6 Å². The summed E-state index contributed by atoms with van der Waals surface area (Å²) >= 11 is 0. The van der Waals surface area contributed by atoms with E-state index in [1.165, 1.54) is 0 Å². The van der Waals surface area contributed by atoms with Crippen LogP contribution in [0.15, 0.2) is 4.99 Å². The van der Waals surface area contributed by atoms with Crippen LogP contribution in [0.5, 0.6) is 0 Å². The van der Waals surface area contributed by atoms with Crippen molar-refractivity contribution in [3.63, 3.8) is 0 Å². The van der Waals surface area contributed by atoms with E-state index in [-0.39, 0.29) is 11.9 Å². The Hall–Kier alpha value is -3.09. The maximum Gasteiger partial charge on any atom is 0.437 e. The lowest BCUT2D eigenvalue weighted by molar-refractivity contribution is -0.123. The molecule has 0 radical (unpaired) electrons. The highest BCUT2D eigenvalue weighted by atomic mass is 16.6. The number of unbranched alkanes of at least 4 members (excludes halogenated alkanes) is 1. The summed E-state index contributed by atoms with van der Waals surface area (Å²) in [5.41, 5.74) is -2.21. The molecule has 13 nitrogen and oxygen atoms in total. The predicted octanol–water partition coefficient (Wildman–Crippen LogP) is 2.79. The normalized spacial score (nSPS) is 13.2. The molecule has 38 heavy (non-hydrogen) atoms. The van der Waals surface area contributed by atoms with Crippen LogP contribution in [0, 0.1) is 0 Å². The summed E-state index contributed by atoms with van der Waals surface area (Å²) in [7, 11) is 1.77. The van der Waals surface area contributed by atoms with Gasteiger partial charge in [0.25, 0.3) is 0 Å². The molecule has 0 unspecified atom stereocenters. The Bertz CT molecular complexity index is 810. The smallest absolute Gasteiger partial charge is 0.437 e. The fourth-order valence-corrected chi connectivity index (χ4v) is 2.72. The minimum absolute atomic E-state index is 0.123. The van der Waals surface area contributed by atoms with E-state index in [1.54, 1.807) is 69.4 Å². The third-order valence-electron chi connectivity index (χ3n) is 4.11. The van der Waals surface area contributed by atoms with Gasteiger partial charge >= 0.3 is 18.3 Å². The molecule has 4 amide bonds. The number of alkyl carbamates (subject to hydrolysis) is 2. The van der Waals surface area contributed by atoms with E-state index in [0.29, 0.717) is 38.9 Å². The highest BCUT2D eigenvalue weighted by molar-refractivity contribution is 5.98. The molecule has 5 N–H and O–H groups in total. The van der Waals surface area contributed by atoms with Crippen LogP contribution in [0.3, 0.4) is 0 Å². The molecule has 0 aliphatic carbocycles. The highest BCUT2D eigenvalue weighted by Crippen LogP contribution is 2.10. The number of carbonyl (C=O) groups is 4. The van der Waals surface area contributed by atoms with E-state index in [1.807, 2.05) is 0 Å². The Labute approximate surface area is 226 Å². The Balaban J connectivity index is 5.12. The molecular formula is C25H48N6O7. The van der Waals surface area contributed by atoms with E-state index >= 15 is 0 Å². The first kappa shape index (κ1) is 34.9. The number of aliphatic imine (C=N–C) groups is 1. The summed E-state index contributed by atoms with van der Waals surface area (Å²) < 4.78 is 15.7. The summed E-state index contributed by atoms with van der Waals surface area (Å²) in [6.07, 6.45) is -0.955. The first-order chi connectivity index (χ1) is 17.3. The number of rotatable bonds is 10. The number of carbonyl (C=O) groups excluding carboxylic acids is 4.